The number of H-pyrrole nitrogens is 1. The largest absolute Gasteiger partial charge is 0.376 e. The molecule has 0 unspecified atom stereocenters. The second-order valence-electron chi connectivity index (χ2n) is 10.1. The fourth-order valence-electron chi connectivity index (χ4n) is 5.89. The molecular weight excluding hydrogens is 428 g/mol. The number of tetrazole rings is 1. The van der Waals surface area contributed by atoms with Crippen molar-refractivity contribution in [2.75, 3.05) is 6.61 Å². The van der Waals surface area contributed by atoms with E-state index in [1.165, 1.54) is 18.4 Å². The van der Waals surface area contributed by atoms with Crippen molar-refractivity contribution in [1.29, 1.82) is 0 Å². The number of hydrogen-bond acceptors (Lipinski definition) is 6. The number of fused-ring (bicyclic) bond motifs is 1. The van der Waals surface area contributed by atoms with E-state index in [2.05, 4.69) is 64.4 Å². The Hall–Kier alpha value is -2.58. The van der Waals surface area contributed by atoms with Gasteiger partial charge < -0.3 is 9.72 Å². The maximum Gasteiger partial charge on any atom is 0.252 e. The Balaban J connectivity index is 1.49. The maximum absolute atomic E-state index is 13.2. The molecule has 3 heterocycles. The van der Waals surface area contributed by atoms with E-state index >= 15 is 0 Å². The molecule has 0 bridgehead atoms. The summed E-state index contributed by atoms with van der Waals surface area (Å²) >= 11 is 0. The van der Waals surface area contributed by atoms with E-state index < -0.39 is 0 Å². The predicted molar refractivity (Wildman–Crippen MR) is 132 cm³/mol. The van der Waals surface area contributed by atoms with Gasteiger partial charge in [-0.3, -0.25) is 9.69 Å². The van der Waals surface area contributed by atoms with E-state index in [0.29, 0.717) is 19.1 Å². The monoisotopic (exact) mass is 464 g/mol. The van der Waals surface area contributed by atoms with Crippen LogP contribution in [0.2, 0.25) is 0 Å². The van der Waals surface area contributed by atoms with Gasteiger partial charge in [0.25, 0.3) is 5.56 Å². The Morgan fingerprint density at radius 1 is 1.18 bits per heavy atom. The number of nitrogens with one attached hydrogen (secondary N) is 1. The molecule has 0 radical (unpaired) electrons. The number of ether oxygens (including phenoxy) is 1. The second-order valence-corrected chi connectivity index (χ2v) is 10.1. The first-order chi connectivity index (χ1) is 16.5. The Labute approximate surface area is 200 Å². The van der Waals surface area contributed by atoms with Crippen LogP contribution in [0.5, 0.6) is 0 Å². The average molecular weight is 465 g/mol. The van der Waals surface area contributed by atoms with Crippen LogP contribution >= 0.6 is 0 Å². The average Bonchev–Trinajstić information content (AvgIpc) is 3.58. The molecule has 8 heteroatoms. The van der Waals surface area contributed by atoms with Crippen LogP contribution in [-0.4, -0.2) is 48.8 Å². The summed E-state index contributed by atoms with van der Waals surface area (Å²) in [5.41, 5.74) is 4.06. The van der Waals surface area contributed by atoms with Crippen LogP contribution in [0.3, 0.4) is 0 Å². The van der Waals surface area contributed by atoms with E-state index in [9.17, 15) is 4.79 Å². The molecule has 0 amide bonds. The SMILES string of the molecule is CC[C@H](c1nnnn1C[C@@H]1CCCO1)N(Cc1cc2c(C)cc(C)cc2[nH]c1=O)C1CCCC1. The van der Waals surface area contributed by atoms with Gasteiger partial charge in [-0.2, -0.15) is 0 Å². The smallest absolute Gasteiger partial charge is 0.252 e. The van der Waals surface area contributed by atoms with E-state index in [0.717, 1.165) is 66.6 Å². The molecule has 1 saturated heterocycles. The highest BCUT2D eigenvalue weighted by Gasteiger charge is 2.33. The Morgan fingerprint density at radius 2 is 2.00 bits per heavy atom. The Bertz CT molecular complexity index is 1190. The van der Waals surface area contributed by atoms with Gasteiger partial charge in [0.15, 0.2) is 5.82 Å². The van der Waals surface area contributed by atoms with Gasteiger partial charge in [0.1, 0.15) is 0 Å². The molecular formula is C26H36N6O2. The highest BCUT2D eigenvalue weighted by atomic mass is 16.5. The van der Waals surface area contributed by atoms with Crippen LogP contribution in [0.4, 0.5) is 0 Å². The van der Waals surface area contributed by atoms with Gasteiger partial charge in [-0.15, -0.1) is 5.10 Å². The summed E-state index contributed by atoms with van der Waals surface area (Å²) in [6, 6.07) is 6.79. The minimum atomic E-state index is -0.00528. The standard InChI is InChI=1S/C26H36N6O2/c1-4-24(25-28-29-30-32(25)16-21-10-7-11-34-21)31(20-8-5-6-9-20)15-19-14-22-18(3)12-17(2)13-23(22)27-26(19)33/h12-14,20-21,24H,4-11,15-16H2,1-3H3,(H,27,33)/t21-,24+/m0/s1. The summed E-state index contributed by atoms with van der Waals surface area (Å²) in [6.07, 6.45) is 7.95. The molecule has 2 aliphatic rings. The van der Waals surface area contributed by atoms with Crippen molar-refractivity contribution < 1.29 is 4.74 Å². The topological polar surface area (TPSA) is 88.9 Å². The van der Waals surface area contributed by atoms with Crippen LogP contribution in [0.25, 0.3) is 10.9 Å². The molecule has 8 nitrogen and oxygen atoms in total. The second kappa shape index (κ2) is 9.96. The summed E-state index contributed by atoms with van der Waals surface area (Å²) in [5, 5.41) is 14.0. The zero-order valence-corrected chi connectivity index (χ0v) is 20.6. The van der Waals surface area contributed by atoms with Gasteiger partial charge in [-0.25, -0.2) is 4.68 Å². The van der Waals surface area contributed by atoms with Crippen molar-refractivity contribution in [3.05, 3.63) is 51.1 Å². The van der Waals surface area contributed by atoms with Crippen molar-refractivity contribution in [1.82, 2.24) is 30.1 Å². The first-order valence-electron chi connectivity index (χ1n) is 12.8. The zero-order chi connectivity index (χ0) is 23.7. The lowest BCUT2D eigenvalue weighted by molar-refractivity contribution is 0.0839. The van der Waals surface area contributed by atoms with Crippen molar-refractivity contribution in [2.45, 2.75) is 97.0 Å². The van der Waals surface area contributed by atoms with Crippen molar-refractivity contribution >= 4 is 10.9 Å². The Kier molecular flexibility index (Phi) is 6.79. The number of benzene rings is 1. The lowest BCUT2D eigenvalue weighted by Gasteiger charge is -2.35. The lowest BCUT2D eigenvalue weighted by Crippen LogP contribution is -2.39. The fourth-order valence-corrected chi connectivity index (χ4v) is 5.89. The molecule has 182 valence electrons. The van der Waals surface area contributed by atoms with E-state index in [1.807, 2.05) is 4.68 Å². The Morgan fingerprint density at radius 3 is 2.74 bits per heavy atom. The molecule has 34 heavy (non-hydrogen) atoms. The summed E-state index contributed by atoms with van der Waals surface area (Å²) in [6.45, 7) is 8.46. The van der Waals surface area contributed by atoms with Gasteiger partial charge in [-0.1, -0.05) is 25.8 Å². The molecule has 3 aromatic rings. The van der Waals surface area contributed by atoms with Crippen molar-refractivity contribution in [3.63, 3.8) is 0 Å². The van der Waals surface area contributed by atoms with Gasteiger partial charge in [-0.05, 0) is 79.6 Å². The molecule has 1 aromatic carbocycles. The molecule has 5 rings (SSSR count). The van der Waals surface area contributed by atoms with E-state index in [1.54, 1.807) is 0 Å². The number of hydrogen-bond donors (Lipinski definition) is 1. The van der Waals surface area contributed by atoms with Crippen molar-refractivity contribution in [3.8, 4) is 0 Å². The van der Waals surface area contributed by atoms with Gasteiger partial charge >= 0.3 is 0 Å². The number of aromatic amines is 1. The predicted octanol–water partition coefficient (Wildman–Crippen LogP) is 4.21. The van der Waals surface area contributed by atoms with E-state index in [4.69, 9.17) is 4.74 Å². The summed E-state index contributed by atoms with van der Waals surface area (Å²) < 4.78 is 7.79. The zero-order valence-electron chi connectivity index (χ0n) is 20.6. The molecule has 1 aliphatic heterocycles. The van der Waals surface area contributed by atoms with Gasteiger partial charge in [0.2, 0.25) is 0 Å². The number of aryl methyl sites for hydroxylation is 2. The number of nitrogens with zero attached hydrogens (tertiary/aromatic N) is 5. The van der Waals surface area contributed by atoms with Crippen LogP contribution in [-0.2, 0) is 17.8 Å². The quantitative estimate of drug-likeness (QED) is 0.537. The van der Waals surface area contributed by atoms with Crippen molar-refractivity contribution in [2.24, 2.45) is 0 Å². The summed E-state index contributed by atoms with van der Waals surface area (Å²) in [7, 11) is 0. The molecule has 2 aromatic heterocycles. The first-order valence-corrected chi connectivity index (χ1v) is 12.8. The van der Waals surface area contributed by atoms with Crippen LogP contribution in [0, 0.1) is 13.8 Å². The normalized spacial score (nSPS) is 20.1. The minimum absolute atomic E-state index is 0.00528. The molecule has 1 saturated carbocycles. The number of rotatable bonds is 8. The molecule has 2 atom stereocenters. The number of pyridine rings is 1. The van der Waals surface area contributed by atoms with Gasteiger partial charge in [0, 0.05) is 35.7 Å². The fraction of sp³-hybridized carbons (Fsp3) is 0.615. The molecule has 2 fully saturated rings. The highest BCUT2D eigenvalue weighted by Crippen LogP contribution is 2.34. The number of aromatic nitrogens is 5. The molecule has 0 spiro atoms. The third-order valence-electron chi connectivity index (χ3n) is 7.58. The van der Waals surface area contributed by atoms with Crippen LogP contribution in [0.15, 0.2) is 23.0 Å². The lowest BCUT2D eigenvalue weighted by atomic mass is 10.0. The first kappa shape index (κ1) is 23.2. The third-order valence-corrected chi connectivity index (χ3v) is 7.58. The van der Waals surface area contributed by atoms with Crippen LogP contribution < -0.4 is 5.56 Å². The molecule has 1 aliphatic carbocycles. The minimum Gasteiger partial charge on any atom is -0.376 e. The van der Waals surface area contributed by atoms with Gasteiger partial charge in [0.05, 0.1) is 18.7 Å². The summed E-state index contributed by atoms with van der Waals surface area (Å²) in [4.78, 5) is 18.8. The van der Waals surface area contributed by atoms with Crippen LogP contribution in [0.1, 0.15) is 80.4 Å². The highest BCUT2D eigenvalue weighted by molar-refractivity contribution is 5.83. The maximum atomic E-state index is 13.2. The summed E-state index contributed by atoms with van der Waals surface area (Å²) in [5.74, 6) is 0.883. The third kappa shape index (κ3) is 4.66. The van der Waals surface area contributed by atoms with E-state index in [-0.39, 0.29) is 17.7 Å². The molecule has 1 N–H and O–H groups in total.